The van der Waals surface area contributed by atoms with Crippen molar-refractivity contribution < 1.29 is 4.79 Å². The van der Waals surface area contributed by atoms with Crippen LogP contribution in [0.1, 0.15) is 46.6 Å². The third kappa shape index (κ3) is 5.11. The normalized spacial score (nSPS) is 15.1. The van der Waals surface area contributed by atoms with Crippen molar-refractivity contribution in [2.75, 3.05) is 29.6 Å². The lowest BCUT2D eigenvalue weighted by Crippen LogP contribution is -2.40. The van der Waals surface area contributed by atoms with Crippen molar-refractivity contribution in [2.24, 2.45) is 0 Å². The molecule has 9 nitrogen and oxygen atoms in total. The number of carbonyl (C=O) groups is 1. The molecule has 2 aliphatic rings. The van der Waals surface area contributed by atoms with E-state index in [9.17, 15) is 9.59 Å². The van der Waals surface area contributed by atoms with Gasteiger partial charge in [-0.2, -0.15) is 0 Å². The molecular weight excluding hydrogens is 561 g/mol. The Bertz CT molecular complexity index is 1610. The highest BCUT2D eigenvalue weighted by atomic mass is 35.5. The van der Waals surface area contributed by atoms with E-state index in [0.29, 0.717) is 31.0 Å². The summed E-state index contributed by atoms with van der Waals surface area (Å²) in [6, 6.07) is 19.2. The molecule has 4 aromatic rings. The number of rotatable bonds is 5. The SMILES string of the molecule is Cc1nc(N)ccc1CNC(=O)[C@@H]1CCc2cnc(N(C)C3c4ccccc4N(C)c4ccccc43)c(=O)n21.Cl.Cl. The van der Waals surface area contributed by atoms with Gasteiger partial charge in [-0.25, -0.2) is 9.97 Å². The van der Waals surface area contributed by atoms with Gasteiger partial charge in [0.1, 0.15) is 11.9 Å². The molecule has 2 aliphatic heterocycles. The number of amides is 1. The first-order valence-corrected chi connectivity index (χ1v) is 13.1. The average Bonchev–Trinajstić information content (AvgIpc) is 3.38. The third-order valence-electron chi connectivity index (χ3n) is 7.92. The Balaban J connectivity index is 0.00000194. The van der Waals surface area contributed by atoms with Crippen LogP contribution in [-0.2, 0) is 17.8 Å². The Hall–Kier alpha value is -4.08. The Morgan fingerprint density at radius 1 is 1.05 bits per heavy atom. The highest BCUT2D eigenvalue weighted by molar-refractivity contribution is 5.85. The number of carbonyl (C=O) groups excluding carboxylic acids is 1. The van der Waals surface area contributed by atoms with E-state index in [0.717, 1.165) is 39.5 Å². The van der Waals surface area contributed by atoms with Gasteiger partial charge in [0.25, 0.3) is 5.56 Å². The van der Waals surface area contributed by atoms with Crippen molar-refractivity contribution in [3.8, 4) is 0 Å². The van der Waals surface area contributed by atoms with Crippen LogP contribution in [0.25, 0.3) is 0 Å². The molecule has 11 heteroatoms. The number of aromatic nitrogens is 3. The van der Waals surface area contributed by atoms with E-state index >= 15 is 0 Å². The van der Waals surface area contributed by atoms with Crippen LogP contribution in [0.2, 0.25) is 0 Å². The summed E-state index contributed by atoms with van der Waals surface area (Å²) in [6.07, 6.45) is 2.91. The summed E-state index contributed by atoms with van der Waals surface area (Å²) in [5.74, 6) is 0.566. The second kappa shape index (κ2) is 11.8. The fraction of sp³-hybridized carbons (Fsp3) is 0.267. The minimum absolute atomic E-state index is 0. The molecular formula is C30H33Cl2N7O2. The van der Waals surface area contributed by atoms with E-state index in [-0.39, 0.29) is 42.3 Å². The van der Waals surface area contributed by atoms with Gasteiger partial charge in [-0.15, -0.1) is 24.8 Å². The van der Waals surface area contributed by atoms with Gasteiger partial charge in [-0.05, 0) is 43.5 Å². The lowest BCUT2D eigenvalue weighted by atomic mass is 9.90. The minimum Gasteiger partial charge on any atom is -0.384 e. The van der Waals surface area contributed by atoms with Gasteiger partial charge < -0.3 is 20.9 Å². The lowest BCUT2D eigenvalue weighted by Gasteiger charge is -2.39. The molecule has 214 valence electrons. The van der Waals surface area contributed by atoms with Gasteiger partial charge in [-0.1, -0.05) is 42.5 Å². The highest BCUT2D eigenvalue weighted by Gasteiger charge is 2.35. The van der Waals surface area contributed by atoms with Gasteiger partial charge in [0, 0.05) is 60.7 Å². The number of para-hydroxylation sites is 2. The summed E-state index contributed by atoms with van der Waals surface area (Å²) in [4.78, 5) is 40.3. The van der Waals surface area contributed by atoms with Crippen LogP contribution >= 0.6 is 24.8 Å². The number of fused-ring (bicyclic) bond motifs is 3. The molecule has 0 spiro atoms. The number of pyridine rings is 1. The number of anilines is 4. The van der Waals surface area contributed by atoms with Crippen molar-refractivity contribution >= 4 is 53.7 Å². The predicted molar refractivity (Wildman–Crippen MR) is 167 cm³/mol. The van der Waals surface area contributed by atoms with Crippen molar-refractivity contribution in [3.63, 3.8) is 0 Å². The molecule has 0 saturated carbocycles. The number of nitrogen functional groups attached to an aromatic ring is 1. The van der Waals surface area contributed by atoms with Crippen LogP contribution in [0.15, 0.2) is 71.7 Å². The first kappa shape index (κ1) is 29.9. The number of hydrogen-bond acceptors (Lipinski definition) is 7. The van der Waals surface area contributed by atoms with E-state index < -0.39 is 6.04 Å². The van der Waals surface area contributed by atoms with E-state index in [1.807, 2.05) is 49.2 Å². The molecule has 0 radical (unpaired) electrons. The summed E-state index contributed by atoms with van der Waals surface area (Å²) >= 11 is 0. The lowest BCUT2D eigenvalue weighted by molar-refractivity contribution is -0.124. The molecule has 0 aliphatic carbocycles. The topological polar surface area (TPSA) is 109 Å². The van der Waals surface area contributed by atoms with Crippen molar-refractivity contribution in [1.82, 2.24) is 19.9 Å². The standard InChI is InChI=1S/C30H31N7O2.2ClH/c1-18-19(12-15-26(31)34-18)16-33-29(38)25-14-13-20-17-32-28(30(39)37(20)25)36(3)27-21-8-4-6-10-23(21)35(2)24-11-7-5-9-22(24)27;;/h4-12,15,17,25,27H,13-14,16H2,1-3H3,(H2,31,34)(H,33,38);2*1H/t25-;;/m0../s1. The zero-order valence-corrected chi connectivity index (χ0v) is 24.7. The van der Waals surface area contributed by atoms with Gasteiger partial charge in [-0.3, -0.25) is 14.2 Å². The first-order valence-electron chi connectivity index (χ1n) is 13.1. The fourth-order valence-corrected chi connectivity index (χ4v) is 5.90. The second-order valence-corrected chi connectivity index (χ2v) is 10.2. The van der Waals surface area contributed by atoms with Gasteiger partial charge in [0.15, 0.2) is 5.82 Å². The largest absolute Gasteiger partial charge is 0.384 e. The number of halogens is 2. The molecule has 2 aromatic carbocycles. The monoisotopic (exact) mass is 593 g/mol. The number of benzene rings is 2. The first-order chi connectivity index (χ1) is 18.8. The third-order valence-corrected chi connectivity index (χ3v) is 7.92. The number of nitrogens with zero attached hydrogens (tertiary/aromatic N) is 5. The van der Waals surface area contributed by atoms with Gasteiger partial charge in [0.05, 0.1) is 6.04 Å². The van der Waals surface area contributed by atoms with Gasteiger partial charge in [0.2, 0.25) is 5.91 Å². The smallest absolute Gasteiger partial charge is 0.294 e. The molecule has 4 heterocycles. The zero-order valence-electron chi connectivity index (χ0n) is 23.1. The van der Waals surface area contributed by atoms with Crippen LogP contribution < -0.4 is 26.4 Å². The number of nitrogens with two attached hydrogens (primary N) is 1. The summed E-state index contributed by atoms with van der Waals surface area (Å²) < 4.78 is 1.62. The van der Waals surface area contributed by atoms with E-state index in [1.54, 1.807) is 16.8 Å². The predicted octanol–water partition coefficient (Wildman–Crippen LogP) is 4.48. The quantitative estimate of drug-likeness (QED) is 0.351. The summed E-state index contributed by atoms with van der Waals surface area (Å²) in [6.45, 7) is 2.18. The van der Waals surface area contributed by atoms with Crippen molar-refractivity contribution in [1.29, 1.82) is 0 Å². The fourth-order valence-electron chi connectivity index (χ4n) is 5.90. The zero-order chi connectivity index (χ0) is 27.3. The van der Waals surface area contributed by atoms with E-state index in [2.05, 4.69) is 51.5 Å². The van der Waals surface area contributed by atoms with E-state index in [4.69, 9.17) is 5.73 Å². The summed E-state index contributed by atoms with van der Waals surface area (Å²) in [7, 11) is 3.96. The van der Waals surface area contributed by atoms with Crippen LogP contribution in [0.5, 0.6) is 0 Å². The maximum absolute atomic E-state index is 14.0. The van der Waals surface area contributed by atoms with Crippen molar-refractivity contribution in [3.05, 3.63) is 105 Å². The maximum atomic E-state index is 14.0. The molecule has 1 amide bonds. The van der Waals surface area contributed by atoms with Crippen molar-refractivity contribution in [2.45, 2.75) is 38.4 Å². The second-order valence-electron chi connectivity index (χ2n) is 10.2. The Morgan fingerprint density at radius 2 is 1.68 bits per heavy atom. The molecule has 0 fully saturated rings. The van der Waals surface area contributed by atoms with E-state index in [1.165, 1.54) is 0 Å². The summed E-state index contributed by atoms with van der Waals surface area (Å²) in [5.41, 5.74) is 12.3. The summed E-state index contributed by atoms with van der Waals surface area (Å²) in [5, 5.41) is 2.99. The molecule has 2 aromatic heterocycles. The number of aryl methyl sites for hydroxylation is 2. The minimum atomic E-state index is -0.596. The van der Waals surface area contributed by atoms with Gasteiger partial charge >= 0.3 is 0 Å². The van der Waals surface area contributed by atoms with Crippen LogP contribution in [0, 0.1) is 6.92 Å². The maximum Gasteiger partial charge on any atom is 0.294 e. The molecule has 41 heavy (non-hydrogen) atoms. The number of nitrogens with one attached hydrogen (secondary N) is 1. The molecule has 0 bridgehead atoms. The Labute approximate surface area is 251 Å². The average molecular weight is 595 g/mol. The number of hydrogen-bond donors (Lipinski definition) is 2. The Kier molecular flexibility index (Phi) is 8.60. The van der Waals surface area contributed by atoms with Crippen LogP contribution in [-0.4, -0.2) is 34.5 Å². The van der Waals surface area contributed by atoms with Crippen LogP contribution in [0.3, 0.4) is 0 Å². The molecule has 0 unspecified atom stereocenters. The molecule has 0 saturated heterocycles. The molecule has 6 rings (SSSR count). The highest BCUT2D eigenvalue weighted by Crippen LogP contribution is 2.46. The molecule has 3 N–H and O–H groups in total. The van der Waals surface area contributed by atoms with Crippen LogP contribution in [0.4, 0.5) is 23.0 Å². The molecule has 1 atom stereocenters. The Morgan fingerprint density at radius 3 is 2.32 bits per heavy atom.